The van der Waals surface area contributed by atoms with E-state index in [1.165, 1.54) is 13.2 Å². The van der Waals surface area contributed by atoms with Gasteiger partial charge in [-0.15, -0.1) is 0 Å². The summed E-state index contributed by atoms with van der Waals surface area (Å²) in [5, 5.41) is 16.3. The Morgan fingerprint density at radius 2 is 1.86 bits per heavy atom. The summed E-state index contributed by atoms with van der Waals surface area (Å²) in [7, 11) is 5.02. The number of amides is 1. The van der Waals surface area contributed by atoms with E-state index in [0.29, 0.717) is 16.9 Å². The molecule has 0 saturated carbocycles. The number of fused-ring (bicyclic) bond motifs is 1. The molecule has 0 bridgehead atoms. The number of anilines is 2. The maximum Gasteiger partial charge on any atom is 0.252 e. The highest BCUT2D eigenvalue weighted by Gasteiger charge is 2.21. The molecule has 10 heteroatoms. The van der Waals surface area contributed by atoms with Crippen molar-refractivity contribution in [2.75, 3.05) is 12.4 Å². The van der Waals surface area contributed by atoms with Gasteiger partial charge in [-0.05, 0) is 41.3 Å². The number of rotatable bonds is 7. The number of hydrogen-bond acceptors (Lipinski definition) is 6. The number of carbonyl (C=O) groups excluding carboxylic acids is 1. The van der Waals surface area contributed by atoms with Crippen molar-refractivity contribution in [3.8, 4) is 5.75 Å². The van der Waals surface area contributed by atoms with E-state index in [1.54, 1.807) is 65.5 Å². The molecule has 0 aliphatic carbocycles. The van der Waals surface area contributed by atoms with E-state index >= 15 is 0 Å². The second-order valence-corrected chi connectivity index (χ2v) is 8.34. The fraction of sp³-hybridized carbons (Fsp3) is 0.154. The van der Waals surface area contributed by atoms with Crippen LogP contribution in [0, 0.1) is 5.82 Å². The van der Waals surface area contributed by atoms with Crippen LogP contribution in [-0.2, 0) is 14.1 Å². The zero-order valence-electron chi connectivity index (χ0n) is 19.9. The number of ether oxygens (including phenoxy) is 1. The van der Waals surface area contributed by atoms with Crippen molar-refractivity contribution in [3.63, 3.8) is 0 Å². The molecule has 0 aliphatic heterocycles. The molecule has 1 unspecified atom stereocenters. The summed E-state index contributed by atoms with van der Waals surface area (Å²) in [6.45, 7) is 0. The van der Waals surface area contributed by atoms with Gasteiger partial charge in [0.15, 0.2) is 11.6 Å². The summed E-state index contributed by atoms with van der Waals surface area (Å²) in [6, 6.07) is 13.1. The Kier molecular flexibility index (Phi) is 6.07. The number of methoxy groups -OCH3 is 1. The van der Waals surface area contributed by atoms with E-state index in [0.717, 1.165) is 22.2 Å². The van der Waals surface area contributed by atoms with E-state index < -0.39 is 11.9 Å². The Balaban J connectivity index is 1.44. The Morgan fingerprint density at radius 3 is 2.56 bits per heavy atom. The molecular weight excluding hydrogens is 461 g/mol. The molecule has 0 aliphatic rings. The van der Waals surface area contributed by atoms with Gasteiger partial charge in [0.2, 0.25) is 0 Å². The number of nitrogens with one attached hydrogen (secondary N) is 2. The minimum absolute atomic E-state index is 0.133. The van der Waals surface area contributed by atoms with E-state index in [1.807, 2.05) is 25.2 Å². The number of halogens is 1. The van der Waals surface area contributed by atoms with Gasteiger partial charge in [0, 0.05) is 49.1 Å². The molecule has 0 fully saturated rings. The van der Waals surface area contributed by atoms with Crippen molar-refractivity contribution in [3.05, 3.63) is 95.8 Å². The molecule has 0 radical (unpaired) electrons. The first kappa shape index (κ1) is 23.0. The van der Waals surface area contributed by atoms with Gasteiger partial charge in [-0.1, -0.05) is 12.1 Å². The third-order valence-corrected chi connectivity index (χ3v) is 5.90. The number of aryl methyl sites for hydroxylation is 2. The molecule has 0 saturated heterocycles. The maximum atomic E-state index is 14.5. The van der Waals surface area contributed by atoms with Crippen molar-refractivity contribution in [2.45, 2.75) is 6.04 Å². The normalized spacial score (nSPS) is 11.9. The summed E-state index contributed by atoms with van der Waals surface area (Å²) in [6.07, 6.45) is 6.87. The van der Waals surface area contributed by atoms with Crippen molar-refractivity contribution in [2.24, 2.45) is 14.1 Å². The molecule has 182 valence electrons. The van der Waals surface area contributed by atoms with Crippen molar-refractivity contribution in [1.82, 2.24) is 29.9 Å². The van der Waals surface area contributed by atoms with Crippen LogP contribution < -0.4 is 15.4 Å². The monoisotopic (exact) mass is 485 g/mol. The summed E-state index contributed by atoms with van der Waals surface area (Å²) in [5.41, 5.74) is 1.76. The Bertz CT molecular complexity index is 1560. The van der Waals surface area contributed by atoms with Crippen LogP contribution in [0.5, 0.6) is 5.75 Å². The van der Waals surface area contributed by atoms with Gasteiger partial charge in [-0.25, -0.2) is 9.37 Å². The van der Waals surface area contributed by atoms with Gasteiger partial charge in [0.1, 0.15) is 11.6 Å². The van der Waals surface area contributed by atoms with Crippen LogP contribution >= 0.6 is 0 Å². The highest BCUT2D eigenvalue weighted by molar-refractivity contribution is 5.99. The van der Waals surface area contributed by atoms with Gasteiger partial charge < -0.3 is 15.4 Å². The zero-order chi connectivity index (χ0) is 25.2. The largest absolute Gasteiger partial charge is 0.494 e. The molecule has 1 atom stereocenters. The first-order chi connectivity index (χ1) is 17.4. The van der Waals surface area contributed by atoms with Crippen LogP contribution in [0.15, 0.2) is 73.3 Å². The third-order valence-electron chi connectivity index (χ3n) is 5.90. The van der Waals surface area contributed by atoms with E-state index in [4.69, 9.17) is 4.74 Å². The second kappa shape index (κ2) is 9.49. The fourth-order valence-corrected chi connectivity index (χ4v) is 4.00. The lowest BCUT2D eigenvalue weighted by Gasteiger charge is -2.19. The van der Waals surface area contributed by atoms with Gasteiger partial charge in [0.05, 0.1) is 25.5 Å². The highest BCUT2D eigenvalue weighted by Crippen LogP contribution is 2.27. The minimum atomic E-state index is -0.609. The molecule has 36 heavy (non-hydrogen) atoms. The predicted octanol–water partition coefficient (Wildman–Crippen LogP) is 4.11. The molecule has 9 nitrogen and oxygen atoms in total. The number of nitrogens with zero attached hydrogens (tertiary/aromatic N) is 5. The van der Waals surface area contributed by atoms with Crippen LogP contribution in [0.2, 0.25) is 0 Å². The van der Waals surface area contributed by atoms with Gasteiger partial charge in [-0.2, -0.15) is 10.2 Å². The zero-order valence-corrected chi connectivity index (χ0v) is 19.9. The topological polar surface area (TPSA) is 98.9 Å². The van der Waals surface area contributed by atoms with E-state index in [2.05, 4.69) is 25.8 Å². The molecular formula is C26H24FN7O2. The van der Waals surface area contributed by atoms with Crippen LogP contribution in [0.3, 0.4) is 0 Å². The Morgan fingerprint density at radius 1 is 1.00 bits per heavy atom. The fourth-order valence-electron chi connectivity index (χ4n) is 4.00. The molecule has 0 spiro atoms. The quantitative estimate of drug-likeness (QED) is 0.360. The maximum absolute atomic E-state index is 14.5. The summed E-state index contributed by atoms with van der Waals surface area (Å²) < 4.78 is 22.9. The predicted molar refractivity (Wildman–Crippen MR) is 134 cm³/mol. The standard InChI is InChI=1S/C26H24FN7O2/c1-33-15-20(14-30-33)25(16-6-7-22(36-3)21(27)11-16)32-26(35)17-4-5-18-13-28-23(12-19(18)10-17)31-24-8-9-29-34(24)2/h4-15,25H,1-3H3,(H,28,31)(H,32,35). The second-order valence-electron chi connectivity index (χ2n) is 8.34. The van der Waals surface area contributed by atoms with Crippen LogP contribution in [0.4, 0.5) is 16.0 Å². The van der Waals surface area contributed by atoms with Crippen molar-refractivity contribution in [1.29, 1.82) is 0 Å². The number of carbonyl (C=O) groups is 1. The SMILES string of the molecule is COc1ccc(C(NC(=O)c2ccc3cnc(Nc4ccnn4C)cc3c2)c2cnn(C)c2)cc1F. The molecule has 3 aromatic heterocycles. The van der Waals surface area contributed by atoms with Gasteiger partial charge in [-0.3, -0.25) is 14.2 Å². The highest BCUT2D eigenvalue weighted by atomic mass is 19.1. The lowest BCUT2D eigenvalue weighted by molar-refractivity contribution is 0.0943. The lowest BCUT2D eigenvalue weighted by Crippen LogP contribution is -2.29. The van der Waals surface area contributed by atoms with Gasteiger partial charge in [0.25, 0.3) is 5.91 Å². The molecule has 3 heterocycles. The van der Waals surface area contributed by atoms with E-state index in [9.17, 15) is 9.18 Å². The molecule has 2 aromatic carbocycles. The lowest BCUT2D eigenvalue weighted by atomic mass is 10.00. The van der Waals surface area contributed by atoms with Crippen LogP contribution in [0.25, 0.3) is 10.8 Å². The summed E-state index contributed by atoms with van der Waals surface area (Å²) >= 11 is 0. The van der Waals surface area contributed by atoms with Crippen LogP contribution in [0.1, 0.15) is 27.5 Å². The van der Waals surface area contributed by atoms with Crippen molar-refractivity contribution >= 4 is 28.3 Å². The van der Waals surface area contributed by atoms with Crippen molar-refractivity contribution < 1.29 is 13.9 Å². The molecule has 5 aromatic rings. The first-order valence-electron chi connectivity index (χ1n) is 11.2. The van der Waals surface area contributed by atoms with Crippen LogP contribution in [-0.4, -0.2) is 37.6 Å². The minimum Gasteiger partial charge on any atom is -0.494 e. The summed E-state index contributed by atoms with van der Waals surface area (Å²) in [4.78, 5) is 17.8. The van der Waals surface area contributed by atoms with Gasteiger partial charge >= 0.3 is 0 Å². The Hall–Kier alpha value is -4.73. The first-order valence-corrected chi connectivity index (χ1v) is 11.2. The summed E-state index contributed by atoms with van der Waals surface area (Å²) in [5.74, 6) is 0.741. The molecule has 2 N–H and O–H groups in total. The third kappa shape index (κ3) is 4.61. The average Bonchev–Trinajstić information content (AvgIpc) is 3.49. The molecule has 1 amide bonds. The average molecular weight is 486 g/mol. The number of pyridine rings is 1. The number of aromatic nitrogens is 5. The molecule has 5 rings (SSSR count). The van der Waals surface area contributed by atoms with E-state index in [-0.39, 0.29) is 11.7 Å². The Labute approximate surface area is 206 Å². The smallest absolute Gasteiger partial charge is 0.252 e. The number of hydrogen-bond donors (Lipinski definition) is 2. The number of benzene rings is 2.